The number of rotatable bonds is 7. The van der Waals surface area contributed by atoms with Gasteiger partial charge in [-0.05, 0) is 55.4 Å². The summed E-state index contributed by atoms with van der Waals surface area (Å²) >= 11 is 1.61. The number of aromatic nitrogens is 3. The van der Waals surface area contributed by atoms with Crippen LogP contribution in [0.2, 0.25) is 0 Å². The van der Waals surface area contributed by atoms with Gasteiger partial charge in [-0.15, -0.1) is 11.3 Å². The van der Waals surface area contributed by atoms with Crippen molar-refractivity contribution in [3.63, 3.8) is 0 Å². The third kappa shape index (κ3) is 4.34. The first kappa shape index (κ1) is 23.7. The number of benzene rings is 2. The second-order valence-electron chi connectivity index (χ2n) is 8.37. The van der Waals surface area contributed by atoms with Crippen LogP contribution >= 0.6 is 11.3 Å². The Labute approximate surface area is 210 Å². The Kier molecular flexibility index (Phi) is 6.49. The Morgan fingerprint density at radius 1 is 1.11 bits per heavy atom. The highest BCUT2D eigenvalue weighted by Crippen LogP contribution is 2.33. The van der Waals surface area contributed by atoms with Crippen LogP contribution < -0.4 is 16.2 Å². The molecule has 0 aliphatic heterocycles. The van der Waals surface area contributed by atoms with Gasteiger partial charge >= 0.3 is 0 Å². The van der Waals surface area contributed by atoms with E-state index in [2.05, 4.69) is 38.9 Å². The number of aromatic amines is 1. The maximum atomic E-state index is 14.5. The van der Waals surface area contributed by atoms with E-state index in [4.69, 9.17) is 0 Å². The van der Waals surface area contributed by atoms with Gasteiger partial charge in [0.15, 0.2) is 5.69 Å². The van der Waals surface area contributed by atoms with E-state index in [1.54, 1.807) is 29.7 Å². The van der Waals surface area contributed by atoms with Crippen molar-refractivity contribution < 1.29 is 9.18 Å². The number of amides is 1. The van der Waals surface area contributed by atoms with E-state index in [-0.39, 0.29) is 22.8 Å². The predicted octanol–water partition coefficient (Wildman–Crippen LogP) is 4.79. The van der Waals surface area contributed by atoms with E-state index in [9.17, 15) is 14.0 Å². The molecule has 1 atom stereocenters. The van der Waals surface area contributed by atoms with Crippen LogP contribution in [0.5, 0.6) is 0 Å². The van der Waals surface area contributed by atoms with Gasteiger partial charge in [-0.1, -0.05) is 36.4 Å². The van der Waals surface area contributed by atoms with Crippen molar-refractivity contribution >= 4 is 28.1 Å². The summed E-state index contributed by atoms with van der Waals surface area (Å²) in [6.07, 6.45) is 1.56. The fourth-order valence-corrected chi connectivity index (χ4v) is 5.24. The lowest BCUT2D eigenvalue weighted by atomic mass is 10.1. The minimum Gasteiger partial charge on any atom is -0.359 e. The second kappa shape index (κ2) is 9.88. The number of halogens is 1. The number of hydrogen-bond acceptors (Lipinski definition) is 5. The molecule has 7 nitrogen and oxygen atoms in total. The molecular weight excluding hydrogens is 477 g/mol. The van der Waals surface area contributed by atoms with Gasteiger partial charge in [0.2, 0.25) is 0 Å². The molecule has 5 rings (SSSR count). The van der Waals surface area contributed by atoms with Gasteiger partial charge < -0.3 is 15.6 Å². The summed E-state index contributed by atoms with van der Waals surface area (Å²) in [7, 11) is 1.92. The van der Waals surface area contributed by atoms with Crippen molar-refractivity contribution in [2.45, 2.75) is 19.5 Å². The number of nitrogens with zero attached hydrogens (tertiary/aromatic N) is 2. The highest BCUT2D eigenvalue weighted by atomic mass is 32.1. The Morgan fingerprint density at radius 3 is 2.69 bits per heavy atom. The van der Waals surface area contributed by atoms with Crippen molar-refractivity contribution in [3.05, 3.63) is 105 Å². The lowest BCUT2D eigenvalue weighted by Crippen LogP contribution is -2.31. The van der Waals surface area contributed by atoms with Crippen molar-refractivity contribution in [3.8, 4) is 16.1 Å². The number of fused-ring (bicyclic) bond motifs is 1. The van der Waals surface area contributed by atoms with E-state index in [1.165, 1.54) is 23.8 Å². The summed E-state index contributed by atoms with van der Waals surface area (Å²) < 4.78 is 15.4. The molecule has 0 radical (unpaired) electrons. The Bertz CT molecular complexity index is 1620. The monoisotopic (exact) mass is 501 g/mol. The Balaban J connectivity index is 1.46. The van der Waals surface area contributed by atoms with Gasteiger partial charge in [0, 0.05) is 22.5 Å². The highest BCUT2D eigenvalue weighted by Gasteiger charge is 2.22. The van der Waals surface area contributed by atoms with E-state index >= 15 is 0 Å². The Hall–Kier alpha value is -4.08. The fourth-order valence-electron chi connectivity index (χ4n) is 4.17. The van der Waals surface area contributed by atoms with Crippen LogP contribution in [0.4, 0.5) is 4.39 Å². The molecular formula is C27H24FN5O2S. The molecule has 0 aliphatic carbocycles. The molecule has 3 aromatic heterocycles. The smallest absolute Gasteiger partial charge is 0.281 e. The summed E-state index contributed by atoms with van der Waals surface area (Å²) in [5.41, 5.74) is 2.14. The van der Waals surface area contributed by atoms with Gasteiger partial charge in [0.25, 0.3) is 11.5 Å². The van der Waals surface area contributed by atoms with E-state index in [0.717, 1.165) is 26.5 Å². The molecule has 0 aliphatic rings. The molecule has 0 spiro atoms. The van der Waals surface area contributed by atoms with Crippen molar-refractivity contribution in [2.75, 3.05) is 7.05 Å². The third-order valence-electron chi connectivity index (χ3n) is 5.95. The van der Waals surface area contributed by atoms with Gasteiger partial charge in [-0.25, -0.2) is 4.39 Å². The zero-order chi connectivity index (χ0) is 25.2. The maximum Gasteiger partial charge on any atom is 0.281 e. The molecule has 5 aromatic rings. The van der Waals surface area contributed by atoms with E-state index in [0.29, 0.717) is 5.52 Å². The normalized spacial score (nSPS) is 12.1. The molecule has 1 amide bonds. The summed E-state index contributed by atoms with van der Waals surface area (Å²) in [4.78, 5) is 31.3. The molecule has 0 saturated heterocycles. The Morgan fingerprint density at radius 2 is 1.89 bits per heavy atom. The lowest BCUT2D eigenvalue weighted by Gasteiger charge is -2.14. The molecule has 3 N–H and O–H groups in total. The topological polar surface area (TPSA) is 91.8 Å². The van der Waals surface area contributed by atoms with Crippen LogP contribution in [0.15, 0.2) is 77.7 Å². The van der Waals surface area contributed by atoms with Gasteiger partial charge in [-0.2, -0.15) is 9.78 Å². The van der Waals surface area contributed by atoms with Gasteiger partial charge in [-0.3, -0.25) is 9.59 Å². The molecule has 182 valence electrons. The molecule has 2 aromatic carbocycles. The first-order chi connectivity index (χ1) is 17.5. The largest absolute Gasteiger partial charge is 0.359 e. The number of thiophene rings is 1. The number of hydrogen-bond donors (Lipinski definition) is 3. The van der Waals surface area contributed by atoms with Crippen LogP contribution in [-0.4, -0.2) is 27.7 Å². The minimum absolute atomic E-state index is 0.0147. The van der Waals surface area contributed by atoms with Crippen molar-refractivity contribution in [1.29, 1.82) is 0 Å². The molecule has 0 saturated carbocycles. The first-order valence-electron chi connectivity index (χ1n) is 11.5. The molecule has 9 heteroatoms. The summed E-state index contributed by atoms with van der Waals surface area (Å²) in [5.74, 6) is -1.07. The van der Waals surface area contributed by atoms with Crippen LogP contribution in [0.3, 0.4) is 0 Å². The number of carbonyl (C=O) groups is 1. The molecule has 0 bridgehead atoms. The molecule has 0 fully saturated rings. The van der Waals surface area contributed by atoms with Crippen molar-refractivity contribution in [1.82, 2.24) is 25.4 Å². The average molecular weight is 502 g/mol. The number of H-pyrrole nitrogens is 1. The third-order valence-corrected chi connectivity index (χ3v) is 7.25. The van der Waals surface area contributed by atoms with Crippen molar-refractivity contribution in [2.24, 2.45) is 0 Å². The zero-order valence-electron chi connectivity index (χ0n) is 19.7. The molecule has 3 heterocycles. The van der Waals surface area contributed by atoms with Crippen LogP contribution in [0.1, 0.15) is 33.9 Å². The first-order valence-corrected chi connectivity index (χ1v) is 12.3. The SMILES string of the molecule is CNCc1ccccc1-c1ccc([C@@H](C)NC(=O)c2nn(-c3ccccc3F)c(=O)c3cc[nH]c23)s1. The fraction of sp³-hybridized carbons (Fsp3) is 0.148. The van der Waals surface area contributed by atoms with Gasteiger partial charge in [0.1, 0.15) is 11.5 Å². The summed E-state index contributed by atoms with van der Waals surface area (Å²) in [6, 6.07) is 19.3. The van der Waals surface area contributed by atoms with Crippen LogP contribution in [0, 0.1) is 5.82 Å². The number of nitrogens with one attached hydrogen (secondary N) is 3. The predicted molar refractivity (Wildman–Crippen MR) is 140 cm³/mol. The highest BCUT2D eigenvalue weighted by molar-refractivity contribution is 7.15. The quantitative estimate of drug-likeness (QED) is 0.299. The minimum atomic E-state index is -0.605. The van der Waals surface area contributed by atoms with E-state index in [1.807, 2.05) is 32.2 Å². The average Bonchev–Trinajstić information content (AvgIpc) is 3.56. The summed E-state index contributed by atoms with van der Waals surface area (Å²) in [6.45, 7) is 2.65. The second-order valence-corrected chi connectivity index (χ2v) is 9.48. The molecule has 0 unspecified atom stereocenters. The van der Waals surface area contributed by atoms with Crippen LogP contribution in [0.25, 0.3) is 27.0 Å². The van der Waals surface area contributed by atoms with E-state index < -0.39 is 17.3 Å². The molecule has 36 heavy (non-hydrogen) atoms. The lowest BCUT2D eigenvalue weighted by molar-refractivity contribution is 0.0935. The van der Waals surface area contributed by atoms with Gasteiger partial charge in [0.05, 0.1) is 16.9 Å². The number of carbonyl (C=O) groups excluding carboxylic acids is 1. The summed E-state index contributed by atoms with van der Waals surface area (Å²) in [5, 5.41) is 10.7. The standard InChI is InChI=1S/C27H24FN5O2S/c1-16(22-11-12-23(36-22)18-8-4-3-7-17(18)15-29-2)31-26(34)25-24-19(13-14-30-24)27(35)33(32-25)21-10-6-5-9-20(21)28/h3-14,16,29-30H,15H2,1-2H3,(H,31,34)/t16-/m1/s1. The maximum absolute atomic E-state index is 14.5. The van der Waals surface area contributed by atoms with Crippen LogP contribution in [-0.2, 0) is 6.54 Å². The zero-order valence-corrected chi connectivity index (χ0v) is 20.5. The number of para-hydroxylation sites is 1.